The second kappa shape index (κ2) is 6.52. The summed E-state index contributed by atoms with van der Waals surface area (Å²) in [6, 6.07) is 5.71. The minimum atomic E-state index is -0.0336. The molecular weight excluding hydrogens is 230 g/mol. The van der Waals surface area contributed by atoms with E-state index in [9.17, 15) is 4.79 Å². The van der Waals surface area contributed by atoms with Crippen LogP contribution in [0, 0.1) is 0 Å². The Bertz CT molecular complexity index is 418. The summed E-state index contributed by atoms with van der Waals surface area (Å²) in [6.45, 7) is 2.14. The number of nitrogens with one attached hydrogen (secondary N) is 1. The van der Waals surface area contributed by atoms with Crippen LogP contribution in [-0.4, -0.2) is 24.2 Å². The lowest BCUT2D eigenvalue weighted by atomic mass is 10.1. The average molecular weight is 249 g/mol. The lowest BCUT2D eigenvalue weighted by Crippen LogP contribution is -2.24. The molecule has 1 aliphatic heterocycles. The van der Waals surface area contributed by atoms with Crippen molar-refractivity contribution in [2.45, 2.75) is 32.5 Å². The highest BCUT2D eigenvalue weighted by molar-refractivity contribution is 5.94. The molecule has 0 radical (unpaired) electrons. The Kier molecular flexibility index (Phi) is 4.73. The molecule has 18 heavy (non-hydrogen) atoms. The Morgan fingerprint density at radius 1 is 1.22 bits per heavy atom. The molecule has 0 unspecified atom stereocenters. The van der Waals surface area contributed by atoms with E-state index in [4.69, 9.17) is 9.84 Å². The molecule has 0 saturated heterocycles. The Hall–Kier alpha value is -1.39. The largest absolute Gasteiger partial charge is 0.396 e. The van der Waals surface area contributed by atoms with Crippen LogP contribution in [-0.2, 0) is 18.0 Å². The van der Waals surface area contributed by atoms with Crippen LogP contribution < -0.4 is 5.32 Å². The lowest BCUT2D eigenvalue weighted by molar-refractivity contribution is 0.0952. The molecule has 1 aromatic carbocycles. The maximum absolute atomic E-state index is 11.9. The van der Waals surface area contributed by atoms with Crippen molar-refractivity contribution in [3.05, 3.63) is 34.9 Å². The van der Waals surface area contributed by atoms with E-state index in [2.05, 4.69) is 5.32 Å². The fraction of sp³-hybridized carbons (Fsp3) is 0.500. The van der Waals surface area contributed by atoms with Crippen LogP contribution in [0.5, 0.6) is 0 Å². The highest BCUT2D eigenvalue weighted by atomic mass is 16.5. The SMILES string of the molecule is O=C(NCCCCCO)c1ccc2c(c1)COC2. The van der Waals surface area contributed by atoms with Crippen LogP contribution in [0.2, 0.25) is 0 Å². The number of hydrogen-bond donors (Lipinski definition) is 2. The van der Waals surface area contributed by atoms with Gasteiger partial charge in [0.05, 0.1) is 13.2 Å². The zero-order chi connectivity index (χ0) is 12.8. The highest BCUT2D eigenvalue weighted by Gasteiger charge is 2.13. The van der Waals surface area contributed by atoms with Gasteiger partial charge in [0.1, 0.15) is 0 Å². The molecule has 0 atom stereocenters. The summed E-state index contributed by atoms with van der Waals surface area (Å²) in [5, 5.41) is 11.5. The zero-order valence-corrected chi connectivity index (χ0v) is 10.4. The molecule has 4 heteroatoms. The number of unbranched alkanes of at least 4 members (excludes halogenated alkanes) is 2. The quantitative estimate of drug-likeness (QED) is 0.753. The number of carbonyl (C=O) groups is 1. The zero-order valence-electron chi connectivity index (χ0n) is 10.4. The van der Waals surface area contributed by atoms with Crippen molar-refractivity contribution in [1.29, 1.82) is 0 Å². The third-order valence-corrected chi connectivity index (χ3v) is 3.10. The van der Waals surface area contributed by atoms with Crippen LogP contribution >= 0.6 is 0 Å². The van der Waals surface area contributed by atoms with Gasteiger partial charge in [-0.15, -0.1) is 0 Å². The summed E-state index contributed by atoms with van der Waals surface area (Å²) >= 11 is 0. The maximum atomic E-state index is 11.9. The van der Waals surface area contributed by atoms with E-state index < -0.39 is 0 Å². The number of carbonyl (C=O) groups excluding carboxylic acids is 1. The van der Waals surface area contributed by atoms with Gasteiger partial charge in [0.15, 0.2) is 0 Å². The van der Waals surface area contributed by atoms with E-state index in [1.54, 1.807) is 0 Å². The molecule has 2 N–H and O–H groups in total. The number of ether oxygens (including phenoxy) is 1. The van der Waals surface area contributed by atoms with Gasteiger partial charge in [-0.05, 0) is 42.5 Å². The molecule has 0 fully saturated rings. The molecule has 1 amide bonds. The normalized spacial score (nSPS) is 13.4. The van der Waals surface area contributed by atoms with Gasteiger partial charge in [0.25, 0.3) is 5.91 Å². The minimum absolute atomic E-state index is 0.0336. The molecule has 0 aliphatic carbocycles. The van der Waals surface area contributed by atoms with E-state index in [-0.39, 0.29) is 12.5 Å². The fourth-order valence-electron chi connectivity index (χ4n) is 2.03. The van der Waals surface area contributed by atoms with Crippen molar-refractivity contribution in [3.63, 3.8) is 0 Å². The molecule has 0 aromatic heterocycles. The van der Waals surface area contributed by atoms with Gasteiger partial charge in [0.2, 0.25) is 0 Å². The summed E-state index contributed by atoms with van der Waals surface area (Å²) in [4.78, 5) is 11.9. The Morgan fingerprint density at radius 3 is 2.89 bits per heavy atom. The van der Waals surface area contributed by atoms with Crippen LogP contribution in [0.25, 0.3) is 0 Å². The predicted octanol–water partition coefficient (Wildman–Crippen LogP) is 1.61. The van der Waals surface area contributed by atoms with Crippen LogP contribution in [0.15, 0.2) is 18.2 Å². The van der Waals surface area contributed by atoms with Gasteiger partial charge in [-0.3, -0.25) is 4.79 Å². The van der Waals surface area contributed by atoms with Crippen LogP contribution in [0.4, 0.5) is 0 Å². The Labute approximate surface area is 107 Å². The maximum Gasteiger partial charge on any atom is 0.251 e. The highest BCUT2D eigenvalue weighted by Crippen LogP contribution is 2.20. The first-order valence-corrected chi connectivity index (χ1v) is 6.40. The molecule has 0 bridgehead atoms. The predicted molar refractivity (Wildman–Crippen MR) is 68.2 cm³/mol. The topological polar surface area (TPSA) is 58.6 Å². The van der Waals surface area contributed by atoms with E-state index in [1.165, 1.54) is 5.56 Å². The summed E-state index contributed by atoms with van der Waals surface area (Å²) in [5.41, 5.74) is 2.99. The summed E-state index contributed by atoms with van der Waals surface area (Å²) in [7, 11) is 0. The van der Waals surface area contributed by atoms with Crippen molar-refractivity contribution < 1.29 is 14.6 Å². The second-order valence-corrected chi connectivity index (χ2v) is 4.52. The Morgan fingerprint density at radius 2 is 2.06 bits per heavy atom. The number of fused-ring (bicyclic) bond motifs is 1. The lowest BCUT2D eigenvalue weighted by Gasteiger charge is -2.06. The van der Waals surface area contributed by atoms with Crippen molar-refractivity contribution in [1.82, 2.24) is 5.32 Å². The third-order valence-electron chi connectivity index (χ3n) is 3.10. The number of amides is 1. The van der Waals surface area contributed by atoms with Gasteiger partial charge < -0.3 is 15.2 Å². The monoisotopic (exact) mass is 249 g/mol. The van der Waals surface area contributed by atoms with E-state index in [0.29, 0.717) is 25.3 Å². The first kappa shape index (κ1) is 13.1. The Balaban J connectivity index is 1.82. The summed E-state index contributed by atoms with van der Waals surface area (Å²) in [5.74, 6) is -0.0336. The number of benzene rings is 1. The number of aliphatic hydroxyl groups excluding tert-OH is 1. The van der Waals surface area contributed by atoms with Crippen LogP contribution in [0.1, 0.15) is 40.7 Å². The van der Waals surface area contributed by atoms with Gasteiger partial charge in [-0.2, -0.15) is 0 Å². The first-order valence-electron chi connectivity index (χ1n) is 6.40. The van der Waals surface area contributed by atoms with Crippen molar-refractivity contribution in [3.8, 4) is 0 Å². The molecular formula is C14H19NO3. The minimum Gasteiger partial charge on any atom is -0.396 e. The third kappa shape index (κ3) is 3.31. The smallest absolute Gasteiger partial charge is 0.251 e. The molecule has 4 nitrogen and oxygen atoms in total. The van der Waals surface area contributed by atoms with Crippen molar-refractivity contribution in [2.75, 3.05) is 13.2 Å². The van der Waals surface area contributed by atoms with E-state index in [1.807, 2.05) is 18.2 Å². The molecule has 0 spiro atoms. The average Bonchev–Trinajstić information content (AvgIpc) is 2.85. The van der Waals surface area contributed by atoms with Gasteiger partial charge in [-0.25, -0.2) is 0 Å². The number of aliphatic hydroxyl groups is 1. The van der Waals surface area contributed by atoms with Crippen molar-refractivity contribution in [2.24, 2.45) is 0 Å². The number of rotatable bonds is 6. The molecule has 0 saturated carbocycles. The molecule has 1 aliphatic rings. The number of hydrogen-bond acceptors (Lipinski definition) is 3. The van der Waals surface area contributed by atoms with Gasteiger partial charge >= 0.3 is 0 Å². The molecule has 2 rings (SSSR count). The van der Waals surface area contributed by atoms with E-state index in [0.717, 1.165) is 24.8 Å². The van der Waals surface area contributed by atoms with Crippen LogP contribution in [0.3, 0.4) is 0 Å². The fourth-order valence-corrected chi connectivity index (χ4v) is 2.03. The first-order chi connectivity index (χ1) is 8.81. The molecule has 1 aromatic rings. The second-order valence-electron chi connectivity index (χ2n) is 4.52. The molecule has 1 heterocycles. The van der Waals surface area contributed by atoms with E-state index >= 15 is 0 Å². The standard InChI is InChI=1S/C14H19NO3/c16-7-3-1-2-6-15-14(17)11-4-5-12-9-18-10-13(12)8-11/h4-5,8,16H,1-3,6-7,9-10H2,(H,15,17). The van der Waals surface area contributed by atoms with Gasteiger partial charge in [0, 0.05) is 18.7 Å². The molecule has 98 valence electrons. The summed E-state index contributed by atoms with van der Waals surface area (Å²) in [6.07, 6.45) is 2.64. The summed E-state index contributed by atoms with van der Waals surface area (Å²) < 4.78 is 5.32. The van der Waals surface area contributed by atoms with Gasteiger partial charge in [-0.1, -0.05) is 6.07 Å². The van der Waals surface area contributed by atoms with Crippen molar-refractivity contribution >= 4 is 5.91 Å².